The second-order valence-electron chi connectivity index (χ2n) is 6.05. The SMILES string of the molecule is O=C(CCCOc1ccc2c(c1)CCC2)NC(CO)c1ccco1. The lowest BCUT2D eigenvalue weighted by Crippen LogP contribution is -2.30. The molecule has 0 aliphatic heterocycles. The van der Waals surface area contributed by atoms with Crippen LogP contribution in [0.25, 0.3) is 0 Å². The van der Waals surface area contributed by atoms with E-state index in [1.54, 1.807) is 12.1 Å². The number of fused-ring (bicyclic) bond motifs is 1. The van der Waals surface area contributed by atoms with Gasteiger partial charge in [0.25, 0.3) is 0 Å². The topological polar surface area (TPSA) is 71.7 Å². The first-order chi connectivity index (χ1) is 11.8. The van der Waals surface area contributed by atoms with Gasteiger partial charge in [0.15, 0.2) is 0 Å². The Morgan fingerprint density at radius 2 is 2.17 bits per heavy atom. The van der Waals surface area contributed by atoms with Gasteiger partial charge in [-0.25, -0.2) is 0 Å². The second kappa shape index (κ2) is 8.02. The van der Waals surface area contributed by atoms with Crippen LogP contribution in [0.15, 0.2) is 41.0 Å². The van der Waals surface area contributed by atoms with E-state index < -0.39 is 6.04 Å². The highest BCUT2D eigenvalue weighted by molar-refractivity contribution is 5.76. The van der Waals surface area contributed by atoms with Gasteiger partial charge in [-0.15, -0.1) is 0 Å². The molecule has 2 aromatic rings. The number of aryl methyl sites for hydroxylation is 2. The summed E-state index contributed by atoms with van der Waals surface area (Å²) < 4.78 is 10.9. The molecule has 1 heterocycles. The molecule has 0 saturated heterocycles. The number of hydrogen-bond acceptors (Lipinski definition) is 4. The molecule has 1 amide bonds. The van der Waals surface area contributed by atoms with Crippen LogP contribution in [0.5, 0.6) is 5.75 Å². The Hall–Kier alpha value is -2.27. The molecule has 1 unspecified atom stereocenters. The second-order valence-corrected chi connectivity index (χ2v) is 6.05. The number of benzene rings is 1. The fourth-order valence-corrected chi connectivity index (χ4v) is 3.02. The van der Waals surface area contributed by atoms with Crippen LogP contribution < -0.4 is 10.1 Å². The van der Waals surface area contributed by atoms with Crippen LogP contribution in [0, 0.1) is 0 Å². The largest absolute Gasteiger partial charge is 0.494 e. The van der Waals surface area contributed by atoms with Gasteiger partial charge in [-0.1, -0.05) is 6.07 Å². The molecule has 1 aromatic carbocycles. The predicted molar refractivity (Wildman–Crippen MR) is 89.9 cm³/mol. The summed E-state index contributed by atoms with van der Waals surface area (Å²) in [7, 11) is 0. The number of furan rings is 1. The third-order valence-corrected chi connectivity index (χ3v) is 4.29. The number of aliphatic hydroxyl groups is 1. The monoisotopic (exact) mass is 329 g/mol. The van der Waals surface area contributed by atoms with Gasteiger partial charge in [-0.2, -0.15) is 0 Å². The third kappa shape index (κ3) is 4.17. The number of amides is 1. The number of hydrogen-bond donors (Lipinski definition) is 2. The Bertz CT molecular complexity index is 666. The molecule has 5 nitrogen and oxygen atoms in total. The highest BCUT2D eigenvalue weighted by atomic mass is 16.5. The first-order valence-electron chi connectivity index (χ1n) is 8.44. The number of ether oxygens (including phenoxy) is 1. The normalized spacial score (nSPS) is 14.2. The first kappa shape index (κ1) is 16.6. The lowest BCUT2D eigenvalue weighted by molar-refractivity contribution is -0.122. The van der Waals surface area contributed by atoms with E-state index in [1.165, 1.54) is 23.8 Å². The summed E-state index contributed by atoms with van der Waals surface area (Å²) in [6.07, 6.45) is 6.01. The van der Waals surface area contributed by atoms with Gasteiger partial charge in [0.1, 0.15) is 17.6 Å². The Morgan fingerprint density at radius 3 is 2.96 bits per heavy atom. The van der Waals surface area contributed by atoms with Crippen LogP contribution in [-0.2, 0) is 17.6 Å². The number of nitrogens with one attached hydrogen (secondary N) is 1. The van der Waals surface area contributed by atoms with Crippen molar-refractivity contribution in [2.75, 3.05) is 13.2 Å². The predicted octanol–water partition coefficient (Wildman–Crippen LogP) is 2.78. The Morgan fingerprint density at radius 1 is 1.29 bits per heavy atom. The Balaban J connectivity index is 1.39. The number of carbonyl (C=O) groups excluding carboxylic acids is 1. The van der Waals surface area contributed by atoms with E-state index in [9.17, 15) is 9.90 Å². The van der Waals surface area contributed by atoms with Crippen LogP contribution >= 0.6 is 0 Å². The van der Waals surface area contributed by atoms with E-state index in [4.69, 9.17) is 9.15 Å². The highest BCUT2D eigenvalue weighted by Crippen LogP contribution is 2.26. The molecule has 1 aliphatic rings. The van der Waals surface area contributed by atoms with E-state index in [0.29, 0.717) is 25.2 Å². The van der Waals surface area contributed by atoms with Gasteiger partial charge in [-0.05, 0) is 61.1 Å². The van der Waals surface area contributed by atoms with Gasteiger partial charge in [0.2, 0.25) is 5.91 Å². The molecular formula is C19H23NO4. The molecule has 3 rings (SSSR count). The molecule has 0 saturated carbocycles. The summed E-state index contributed by atoms with van der Waals surface area (Å²) in [5.41, 5.74) is 2.81. The van der Waals surface area contributed by atoms with E-state index >= 15 is 0 Å². The van der Waals surface area contributed by atoms with Crippen molar-refractivity contribution >= 4 is 5.91 Å². The average molecular weight is 329 g/mol. The van der Waals surface area contributed by atoms with Crippen molar-refractivity contribution < 1.29 is 19.1 Å². The molecule has 1 atom stereocenters. The summed E-state index contributed by atoms with van der Waals surface area (Å²) in [5.74, 6) is 1.31. The molecule has 2 N–H and O–H groups in total. The van der Waals surface area contributed by atoms with Crippen LogP contribution in [0.1, 0.15) is 42.2 Å². The van der Waals surface area contributed by atoms with Crippen molar-refractivity contribution in [2.24, 2.45) is 0 Å². The zero-order valence-corrected chi connectivity index (χ0v) is 13.7. The summed E-state index contributed by atoms with van der Waals surface area (Å²) in [4.78, 5) is 12.0. The van der Waals surface area contributed by atoms with Crippen molar-refractivity contribution in [2.45, 2.75) is 38.1 Å². The standard InChI is InChI=1S/C19H23NO4/c21-13-17(18-6-2-11-24-18)20-19(22)7-3-10-23-16-9-8-14-4-1-5-15(14)12-16/h2,6,8-9,11-12,17,21H,1,3-5,7,10,13H2,(H,20,22). The maximum absolute atomic E-state index is 12.0. The maximum atomic E-state index is 12.0. The average Bonchev–Trinajstić information content (AvgIpc) is 3.27. The van der Waals surface area contributed by atoms with E-state index in [2.05, 4.69) is 17.4 Å². The molecular weight excluding hydrogens is 306 g/mol. The van der Waals surface area contributed by atoms with Gasteiger partial charge >= 0.3 is 0 Å². The Labute approximate surface area is 141 Å². The smallest absolute Gasteiger partial charge is 0.220 e. The third-order valence-electron chi connectivity index (χ3n) is 4.29. The first-order valence-corrected chi connectivity index (χ1v) is 8.44. The van der Waals surface area contributed by atoms with Gasteiger partial charge < -0.3 is 19.6 Å². The fraction of sp³-hybridized carbons (Fsp3) is 0.421. The number of aliphatic hydroxyl groups excluding tert-OH is 1. The minimum atomic E-state index is -0.495. The van der Waals surface area contributed by atoms with Crippen molar-refractivity contribution in [3.63, 3.8) is 0 Å². The lowest BCUT2D eigenvalue weighted by Gasteiger charge is -2.14. The van der Waals surface area contributed by atoms with Crippen LogP contribution in [0.4, 0.5) is 0 Å². The molecule has 128 valence electrons. The van der Waals surface area contributed by atoms with Crippen LogP contribution in [-0.4, -0.2) is 24.2 Å². The summed E-state index contributed by atoms with van der Waals surface area (Å²) >= 11 is 0. The zero-order chi connectivity index (χ0) is 16.8. The van der Waals surface area contributed by atoms with Crippen LogP contribution in [0.2, 0.25) is 0 Å². The van der Waals surface area contributed by atoms with Crippen LogP contribution in [0.3, 0.4) is 0 Å². The van der Waals surface area contributed by atoms with Crippen molar-refractivity contribution in [3.8, 4) is 5.75 Å². The lowest BCUT2D eigenvalue weighted by atomic mass is 10.1. The molecule has 0 bridgehead atoms. The number of carbonyl (C=O) groups is 1. The number of rotatable bonds is 8. The minimum absolute atomic E-state index is 0.122. The van der Waals surface area contributed by atoms with Gasteiger partial charge in [0.05, 0.1) is 19.5 Å². The van der Waals surface area contributed by atoms with E-state index in [-0.39, 0.29) is 12.5 Å². The Kier molecular flexibility index (Phi) is 5.54. The maximum Gasteiger partial charge on any atom is 0.220 e. The molecule has 1 aliphatic carbocycles. The molecule has 0 radical (unpaired) electrons. The molecule has 24 heavy (non-hydrogen) atoms. The van der Waals surface area contributed by atoms with E-state index in [0.717, 1.165) is 18.6 Å². The van der Waals surface area contributed by atoms with E-state index in [1.807, 2.05) is 6.07 Å². The minimum Gasteiger partial charge on any atom is -0.494 e. The van der Waals surface area contributed by atoms with Gasteiger partial charge in [0, 0.05) is 6.42 Å². The quantitative estimate of drug-likeness (QED) is 0.731. The molecule has 0 spiro atoms. The van der Waals surface area contributed by atoms with Crippen molar-refractivity contribution in [3.05, 3.63) is 53.5 Å². The fourth-order valence-electron chi connectivity index (χ4n) is 3.02. The highest BCUT2D eigenvalue weighted by Gasteiger charge is 2.16. The van der Waals surface area contributed by atoms with Crippen molar-refractivity contribution in [1.29, 1.82) is 0 Å². The molecule has 0 fully saturated rings. The van der Waals surface area contributed by atoms with Crippen molar-refractivity contribution in [1.82, 2.24) is 5.32 Å². The van der Waals surface area contributed by atoms with Gasteiger partial charge in [-0.3, -0.25) is 4.79 Å². The summed E-state index contributed by atoms with van der Waals surface area (Å²) in [5, 5.41) is 12.1. The summed E-state index contributed by atoms with van der Waals surface area (Å²) in [6.45, 7) is 0.307. The summed E-state index contributed by atoms with van der Waals surface area (Å²) in [6, 6.07) is 9.22. The molecule has 5 heteroatoms. The molecule has 1 aromatic heterocycles. The zero-order valence-electron chi connectivity index (χ0n) is 13.7.